The van der Waals surface area contributed by atoms with Crippen LogP contribution in [-0.4, -0.2) is 17.7 Å². The summed E-state index contributed by atoms with van der Waals surface area (Å²) in [6.45, 7) is 4.07. The molecule has 7 heteroatoms. The number of nitrogens with zero attached hydrogens (tertiary/aromatic N) is 1. The third-order valence-electron chi connectivity index (χ3n) is 5.67. The molecule has 0 aliphatic rings. The van der Waals surface area contributed by atoms with Gasteiger partial charge in [0.05, 0.1) is 5.02 Å². The van der Waals surface area contributed by atoms with E-state index in [1.54, 1.807) is 24.3 Å². The normalized spacial score (nSPS) is 11.9. The number of aryl methyl sites for hydroxylation is 2. The second-order valence-corrected chi connectivity index (χ2v) is 10.4. The van der Waals surface area contributed by atoms with Crippen molar-refractivity contribution >= 4 is 32.5 Å². The number of aromatic nitrogens is 1. The van der Waals surface area contributed by atoms with Crippen LogP contribution in [0.15, 0.2) is 82.5 Å². The van der Waals surface area contributed by atoms with Crippen LogP contribution in [0.4, 0.5) is 0 Å². The molecule has 0 saturated carbocycles. The number of sulfonamides is 1. The maximum absolute atomic E-state index is 13.6. The maximum atomic E-state index is 13.6. The number of H-pyrrole nitrogens is 1. The van der Waals surface area contributed by atoms with Crippen LogP contribution in [0.3, 0.4) is 0 Å². The minimum absolute atomic E-state index is 0.0178. The second-order valence-electron chi connectivity index (χ2n) is 8.09. The summed E-state index contributed by atoms with van der Waals surface area (Å²) in [5.74, 6) is 0. The number of nitrogens with one attached hydrogen (secondary N) is 1. The van der Waals surface area contributed by atoms with Crippen LogP contribution in [0.2, 0.25) is 5.02 Å². The number of hydrogen-bond acceptors (Lipinski definition) is 3. The van der Waals surface area contributed by atoms with Crippen LogP contribution in [0.25, 0.3) is 10.9 Å². The highest BCUT2D eigenvalue weighted by Gasteiger charge is 2.28. The Hall–Kier alpha value is -2.93. The van der Waals surface area contributed by atoms with Gasteiger partial charge in [-0.2, -0.15) is 4.31 Å². The van der Waals surface area contributed by atoms with E-state index in [9.17, 15) is 13.2 Å². The van der Waals surface area contributed by atoms with E-state index in [0.29, 0.717) is 5.56 Å². The molecule has 0 radical (unpaired) electrons. The zero-order chi connectivity index (χ0) is 23.6. The summed E-state index contributed by atoms with van der Waals surface area (Å²) >= 11 is 6.25. The average molecular weight is 481 g/mol. The fourth-order valence-corrected chi connectivity index (χ4v) is 5.64. The molecular formula is C26H25ClN2O3S. The SMILES string of the molecule is CCc1ccc2[nH]c(=O)c(CN(Cc3ccc(C)cc3)S(=O)(=O)c3ccccc3Cl)cc2c1. The first-order valence-corrected chi connectivity index (χ1v) is 12.5. The minimum atomic E-state index is -3.97. The van der Waals surface area contributed by atoms with E-state index in [4.69, 9.17) is 11.6 Å². The van der Waals surface area contributed by atoms with E-state index in [2.05, 4.69) is 11.9 Å². The first kappa shape index (κ1) is 23.2. The van der Waals surface area contributed by atoms with Gasteiger partial charge < -0.3 is 4.98 Å². The highest BCUT2D eigenvalue weighted by atomic mass is 35.5. The van der Waals surface area contributed by atoms with Crippen LogP contribution in [-0.2, 0) is 29.5 Å². The lowest BCUT2D eigenvalue weighted by Gasteiger charge is -2.23. The number of halogens is 1. The Morgan fingerprint density at radius 1 is 0.909 bits per heavy atom. The molecule has 1 heterocycles. The first-order chi connectivity index (χ1) is 15.8. The fourth-order valence-electron chi connectivity index (χ4n) is 3.74. The molecule has 3 aromatic carbocycles. The molecule has 0 bridgehead atoms. The molecule has 0 saturated heterocycles. The molecular weight excluding hydrogens is 456 g/mol. The molecule has 4 aromatic rings. The molecule has 0 aliphatic heterocycles. The van der Waals surface area contributed by atoms with Gasteiger partial charge in [0.15, 0.2) is 0 Å². The quantitative estimate of drug-likeness (QED) is 0.382. The molecule has 0 atom stereocenters. The van der Waals surface area contributed by atoms with Gasteiger partial charge in [-0.1, -0.05) is 66.6 Å². The molecule has 33 heavy (non-hydrogen) atoms. The first-order valence-electron chi connectivity index (χ1n) is 10.7. The largest absolute Gasteiger partial charge is 0.322 e. The molecule has 0 amide bonds. The Bertz CT molecular complexity index is 1460. The molecule has 0 unspecified atom stereocenters. The van der Waals surface area contributed by atoms with Crippen molar-refractivity contribution in [1.29, 1.82) is 0 Å². The lowest BCUT2D eigenvalue weighted by molar-refractivity contribution is 0.400. The van der Waals surface area contributed by atoms with Crippen molar-refractivity contribution in [3.05, 3.63) is 110 Å². The lowest BCUT2D eigenvalue weighted by Crippen LogP contribution is -2.32. The van der Waals surface area contributed by atoms with E-state index in [-0.39, 0.29) is 28.6 Å². The number of hydrogen-bond donors (Lipinski definition) is 1. The van der Waals surface area contributed by atoms with Gasteiger partial charge in [0.1, 0.15) is 4.90 Å². The molecule has 0 fully saturated rings. The van der Waals surface area contributed by atoms with E-state index >= 15 is 0 Å². The highest BCUT2D eigenvalue weighted by molar-refractivity contribution is 7.89. The number of benzene rings is 3. The van der Waals surface area contributed by atoms with Crippen molar-refractivity contribution in [2.75, 3.05) is 0 Å². The summed E-state index contributed by atoms with van der Waals surface area (Å²) in [4.78, 5) is 15.8. The van der Waals surface area contributed by atoms with Gasteiger partial charge in [0.2, 0.25) is 10.0 Å². The predicted octanol–water partition coefficient (Wildman–Crippen LogP) is 5.44. The van der Waals surface area contributed by atoms with Crippen molar-refractivity contribution in [3.63, 3.8) is 0 Å². The molecule has 0 aliphatic carbocycles. The van der Waals surface area contributed by atoms with Gasteiger partial charge in [0, 0.05) is 24.2 Å². The predicted molar refractivity (Wildman–Crippen MR) is 133 cm³/mol. The minimum Gasteiger partial charge on any atom is -0.322 e. The van der Waals surface area contributed by atoms with Crippen LogP contribution < -0.4 is 5.56 Å². The van der Waals surface area contributed by atoms with Crippen LogP contribution in [0, 0.1) is 6.92 Å². The Kier molecular flexibility index (Phi) is 6.70. The van der Waals surface area contributed by atoms with Gasteiger partial charge in [-0.15, -0.1) is 0 Å². The van der Waals surface area contributed by atoms with Gasteiger partial charge in [-0.3, -0.25) is 4.79 Å². The molecule has 0 spiro atoms. The smallest absolute Gasteiger partial charge is 0.252 e. The van der Waals surface area contributed by atoms with Crippen molar-refractivity contribution in [3.8, 4) is 0 Å². The standard InChI is InChI=1S/C26H25ClN2O3S/c1-3-19-12-13-24-21(14-19)15-22(26(30)28-24)17-29(16-20-10-8-18(2)9-11-20)33(31,32)25-7-5-4-6-23(25)27/h4-15H,3,16-17H2,1-2H3,(H,28,30). The van der Waals surface area contributed by atoms with E-state index in [1.807, 2.05) is 49.4 Å². The van der Waals surface area contributed by atoms with Crippen molar-refractivity contribution in [2.24, 2.45) is 0 Å². The molecule has 1 aromatic heterocycles. The van der Waals surface area contributed by atoms with Crippen molar-refractivity contribution < 1.29 is 8.42 Å². The fraction of sp³-hybridized carbons (Fsp3) is 0.192. The molecule has 4 rings (SSSR count). The molecule has 1 N–H and O–H groups in total. The Labute approximate surface area is 198 Å². The van der Waals surface area contributed by atoms with E-state index < -0.39 is 10.0 Å². The average Bonchev–Trinajstić information content (AvgIpc) is 2.80. The van der Waals surface area contributed by atoms with Gasteiger partial charge in [-0.05, 0) is 60.2 Å². The van der Waals surface area contributed by atoms with E-state index in [0.717, 1.165) is 34.0 Å². The van der Waals surface area contributed by atoms with Crippen LogP contribution in [0.5, 0.6) is 0 Å². The number of aromatic amines is 1. The highest BCUT2D eigenvalue weighted by Crippen LogP contribution is 2.27. The van der Waals surface area contributed by atoms with Crippen molar-refractivity contribution in [1.82, 2.24) is 9.29 Å². The monoisotopic (exact) mass is 480 g/mol. The van der Waals surface area contributed by atoms with E-state index in [1.165, 1.54) is 10.4 Å². The summed E-state index contributed by atoms with van der Waals surface area (Å²) in [5.41, 5.74) is 3.83. The summed E-state index contributed by atoms with van der Waals surface area (Å²) in [6, 6.07) is 21.7. The summed E-state index contributed by atoms with van der Waals surface area (Å²) in [5, 5.41) is 1.01. The Morgan fingerprint density at radius 3 is 2.30 bits per heavy atom. The zero-order valence-electron chi connectivity index (χ0n) is 18.5. The summed E-state index contributed by atoms with van der Waals surface area (Å²) in [7, 11) is -3.97. The number of pyridine rings is 1. The van der Waals surface area contributed by atoms with Gasteiger partial charge in [-0.25, -0.2) is 8.42 Å². The summed E-state index contributed by atoms with van der Waals surface area (Å²) < 4.78 is 28.6. The third-order valence-corrected chi connectivity index (χ3v) is 7.97. The van der Waals surface area contributed by atoms with Gasteiger partial charge >= 0.3 is 0 Å². The van der Waals surface area contributed by atoms with Crippen LogP contribution in [0.1, 0.15) is 29.2 Å². The lowest BCUT2D eigenvalue weighted by atomic mass is 10.1. The topological polar surface area (TPSA) is 70.2 Å². The zero-order valence-corrected chi connectivity index (χ0v) is 20.1. The van der Waals surface area contributed by atoms with Crippen molar-refractivity contribution in [2.45, 2.75) is 38.3 Å². The summed E-state index contributed by atoms with van der Waals surface area (Å²) in [6.07, 6.45) is 0.866. The second kappa shape index (κ2) is 9.51. The Balaban J connectivity index is 1.79. The molecule has 5 nitrogen and oxygen atoms in total. The number of fused-ring (bicyclic) bond motifs is 1. The van der Waals surface area contributed by atoms with Gasteiger partial charge in [0.25, 0.3) is 5.56 Å². The molecule has 170 valence electrons. The Morgan fingerprint density at radius 2 is 1.61 bits per heavy atom. The maximum Gasteiger partial charge on any atom is 0.252 e. The number of rotatable bonds is 7. The third kappa shape index (κ3) is 5.03. The van der Waals surface area contributed by atoms with Crippen LogP contribution >= 0.6 is 11.6 Å².